The van der Waals surface area contributed by atoms with E-state index in [2.05, 4.69) is 51.7 Å². The van der Waals surface area contributed by atoms with Crippen LogP contribution in [-0.2, 0) is 0 Å². The molecule has 0 amide bonds. The van der Waals surface area contributed by atoms with Crippen LogP contribution in [0.4, 0.5) is 0 Å². The van der Waals surface area contributed by atoms with E-state index in [0.29, 0.717) is 12.6 Å². The Kier molecular flexibility index (Phi) is 5.23. The lowest BCUT2D eigenvalue weighted by molar-refractivity contribution is 0.347. The quantitative estimate of drug-likeness (QED) is 0.762. The summed E-state index contributed by atoms with van der Waals surface area (Å²) in [4.78, 5) is 0. The molecule has 0 aliphatic carbocycles. The van der Waals surface area contributed by atoms with Gasteiger partial charge in [-0.05, 0) is 42.7 Å². The minimum Gasteiger partial charge on any atom is -0.489 e. The largest absolute Gasteiger partial charge is 0.489 e. The van der Waals surface area contributed by atoms with Crippen molar-refractivity contribution in [2.75, 3.05) is 13.2 Å². The Labute approximate surface area is 105 Å². The van der Waals surface area contributed by atoms with Crippen LogP contribution in [0.5, 0.6) is 5.75 Å². The molecule has 1 aromatic carbocycles. The molecule has 17 heavy (non-hydrogen) atoms. The second kappa shape index (κ2) is 6.45. The predicted octanol–water partition coefficient (Wildman–Crippen LogP) is 3.24. The lowest BCUT2D eigenvalue weighted by Gasteiger charge is -2.12. The molecule has 1 N–H and O–H groups in total. The van der Waals surface area contributed by atoms with Crippen molar-refractivity contribution in [2.45, 2.75) is 33.7 Å². The Morgan fingerprint density at radius 2 is 2.00 bits per heavy atom. The van der Waals surface area contributed by atoms with E-state index < -0.39 is 0 Å². The van der Waals surface area contributed by atoms with Crippen molar-refractivity contribution in [3.05, 3.63) is 41.5 Å². The maximum atomic E-state index is 5.70. The molecule has 0 bridgehead atoms. The van der Waals surface area contributed by atoms with Crippen LogP contribution in [0, 0.1) is 13.8 Å². The van der Waals surface area contributed by atoms with Crippen molar-refractivity contribution in [1.29, 1.82) is 0 Å². The molecule has 0 aromatic heterocycles. The van der Waals surface area contributed by atoms with Gasteiger partial charge in [0, 0.05) is 12.6 Å². The van der Waals surface area contributed by atoms with Crippen molar-refractivity contribution in [3.8, 4) is 5.75 Å². The smallest absolute Gasteiger partial charge is 0.120 e. The van der Waals surface area contributed by atoms with Gasteiger partial charge in [0.15, 0.2) is 0 Å². The van der Waals surface area contributed by atoms with Crippen LogP contribution in [0.3, 0.4) is 0 Å². The summed E-state index contributed by atoms with van der Waals surface area (Å²) in [6.45, 7) is 13.8. The Hall–Kier alpha value is -1.28. The maximum absolute atomic E-state index is 5.70. The summed E-state index contributed by atoms with van der Waals surface area (Å²) < 4.78 is 5.70. The first-order chi connectivity index (χ1) is 7.99. The van der Waals surface area contributed by atoms with E-state index in [0.717, 1.165) is 17.9 Å². The molecule has 0 saturated heterocycles. The molecule has 0 aliphatic heterocycles. The van der Waals surface area contributed by atoms with Gasteiger partial charge in [0.1, 0.15) is 12.4 Å². The van der Waals surface area contributed by atoms with Crippen molar-refractivity contribution >= 4 is 0 Å². The molecule has 0 aliphatic rings. The SMILES string of the molecule is C=C(CNC(C)C)COc1ccc(C)c(C)c1. The highest BCUT2D eigenvalue weighted by atomic mass is 16.5. The minimum atomic E-state index is 0.480. The summed E-state index contributed by atoms with van der Waals surface area (Å²) in [6.07, 6.45) is 0. The molecule has 2 nitrogen and oxygen atoms in total. The lowest BCUT2D eigenvalue weighted by atomic mass is 10.1. The summed E-state index contributed by atoms with van der Waals surface area (Å²) in [7, 11) is 0. The summed E-state index contributed by atoms with van der Waals surface area (Å²) in [5, 5.41) is 3.32. The molecule has 1 aromatic rings. The summed E-state index contributed by atoms with van der Waals surface area (Å²) in [5.41, 5.74) is 3.61. The van der Waals surface area contributed by atoms with Crippen molar-refractivity contribution in [3.63, 3.8) is 0 Å². The first-order valence-electron chi connectivity index (χ1n) is 6.09. The van der Waals surface area contributed by atoms with E-state index in [4.69, 9.17) is 4.74 Å². The molecule has 0 saturated carbocycles. The predicted molar refractivity (Wildman–Crippen MR) is 73.7 cm³/mol. The number of nitrogens with one attached hydrogen (secondary N) is 1. The first kappa shape index (κ1) is 13.8. The number of hydrogen-bond donors (Lipinski definition) is 1. The number of aryl methyl sites for hydroxylation is 2. The number of rotatable bonds is 6. The van der Waals surface area contributed by atoms with E-state index in [9.17, 15) is 0 Å². The molecule has 0 atom stereocenters. The Morgan fingerprint density at radius 1 is 1.29 bits per heavy atom. The highest BCUT2D eigenvalue weighted by molar-refractivity contribution is 5.34. The fourth-order valence-corrected chi connectivity index (χ4v) is 1.39. The van der Waals surface area contributed by atoms with Gasteiger partial charge in [-0.3, -0.25) is 0 Å². The zero-order valence-electron chi connectivity index (χ0n) is 11.3. The van der Waals surface area contributed by atoms with Gasteiger partial charge in [0.25, 0.3) is 0 Å². The standard InChI is InChI=1S/C15H23NO/c1-11(2)16-9-12(3)10-17-15-7-6-13(4)14(5)8-15/h6-8,11,16H,3,9-10H2,1-2,4-5H3. The minimum absolute atomic E-state index is 0.480. The van der Waals surface area contributed by atoms with E-state index >= 15 is 0 Å². The van der Waals surface area contributed by atoms with Gasteiger partial charge in [-0.15, -0.1) is 0 Å². The lowest BCUT2D eigenvalue weighted by Crippen LogP contribution is -2.26. The molecule has 0 radical (unpaired) electrons. The average Bonchev–Trinajstić information content (AvgIpc) is 2.28. The molecular weight excluding hydrogens is 210 g/mol. The zero-order chi connectivity index (χ0) is 12.8. The molecule has 0 heterocycles. The van der Waals surface area contributed by atoms with Crippen LogP contribution in [0.15, 0.2) is 30.4 Å². The van der Waals surface area contributed by atoms with Gasteiger partial charge in [-0.2, -0.15) is 0 Å². The van der Waals surface area contributed by atoms with Gasteiger partial charge >= 0.3 is 0 Å². The summed E-state index contributed by atoms with van der Waals surface area (Å²) >= 11 is 0. The molecule has 2 heteroatoms. The number of benzene rings is 1. The third-order valence-electron chi connectivity index (χ3n) is 2.68. The van der Waals surface area contributed by atoms with Gasteiger partial charge in [-0.25, -0.2) is 0 Å². The molecule has 0 unspecified atom stereocenters. The monoisotopic (exact) mass is 233 g/mol. The molecule has 0 spiro atoms. The van der Waals surface area contributed by atoms with E-state index in [1.807, 2.05) is 6.07 Å². The second-order valence-corrected chi connectivity index (χ2v) is 4.82. The van der Waals surface area contributed by atoms with E-state index in [1.165, 1.54) is 11.1 Å². The van der Waals surface area contributed by atoms with E-state index in [1.54, 1.807) is 0 Å². The topological polar surface area (TPSA) is 21.3 Å². The van der Waals surface area contributed by atoms with Crippen molar-refractivity contribution in [1.82, 2.24) is 5.32 Å². The van der Waals surface area contributed by atoms with E-state index in [-0.39, 0.29) is 0 Å². The summed E-state index contributed by atoms with van der Waals surface area (Å²) in [6, 6.07) is 6.64. The average molecular weight is 233 g/mol. The first-order valence-corrected chi connectivity index (χ1v) is 6.09. The fraction of sp³-hybridized carbons (Fsp3) is 0.467. The van der Waals surface area contributed by atoms with Crippen molar-refractivity contribution < 1.29 is 4.74 Å². The Bertz CT molecular complexity index is 383. The second-order valence-electron chi connectivity index (χ2n) is 4.82. The number of hydrogen-bond acceptors (Lipinski definition) is 2. The van der Waals surface area contributed by atoms with Gasteiger partial charge in [0.2, 0.25) is 0 Å². The highest BCUT2D eigenvalue weighted by Crippen LogP contribution is 2.16. The Balaban J connectivity index is 2.39. The van der Waals surface area contributed by atoms with Crippen LogP contribution >= 0.6 is 0 Å². The molecule has 94 valence electrons. The molecular formula is C15H23NO. The van der Waals surface area contributed by atoms with Crippen LogP contribution in [0.2, 0.25) is 0 Å². The maximum Gasteiger partial charge on any atom is 0.120 e. The summed E-state index contributed by atoms with van der Waals surface area (Å²) in [5.74, 6) is 0.916. The molecule has 1 rings (SSSR count). The normalized spacial score (nSPS) is 10.6. The number of ether oxygens (including phenoxy) is 1. The van der Waals surface area contributed by atoms with Crippen molar-refractivity contribution in [2.24, 2.45) is 0 Å². The van der Waals surface area contributed by atoms with Crippen LogP contribution in [0.1, 0.15) is 25.0 Å². The van der Waals surface area contributed by atoms with Crippen LogP contribution in [0.25, 0.3) is 0 Å². The third-order valence-corrected chi connectivity index (χ3v) is 2.68. The fourth-order valence-electron chi connectivity index (χ4n) is 1.39. The van der Waals surface area contributed by atoms with Crippen LogP contribution in [-0.4, -0.2) is 19.2 Å². The third kappa shape index (κ3) is 5.05. The van der Waals surface area contributed by atoms with Gasteiger partial charge in [0.05, 0.1) is 0 Å². The van der Waals surface area contributed by atoms with Gasteiger partial charge < -0.3 is 10.1 Å². The Morgan fingerprint density at radius 3 is 2.59 bits per heavy atom. The molecule has 0 fully saturated rings. The zero-order valence-corrected chi connectivity index (χ0v) is 11.3. The van der Waals surface area contributed by atoms with Gasteiger partial charge in [-0.1, -0.05) is 26.5 Å². The highest BCUT2D eigenvalue weighted by Gasteiger charge is 2.00. The van der Waals surface area contributed by atoms with Crippen LogP contribution < -0.4 is 10.1 Å².